The molecule has 0 radical (unpaired) electrons. The number of hydrogen-bond donors (Lipinski definition) is 4. The number of allylic oxidation sites excluding steroid dienone is 4. The number of rotatable bonds is 7. The predicted octanol–water partition coefficient (Wildman–Crippen LogP) is 3.40. The summed E-state index contributed by atoms with van der Waals surface area (Å²) in [7, 11) is 1.63. The molecule has 0 bridgehead atoms. The van der Waals surface area contributed by atoms with Crippen molar-refractivity contribution in [1.29, 1.82) is 0 Å². The molecule has 0 unspecified atom stereocenters. The highest BCUT2D eigenvalue weighted by molar-refractivity contribution is 6.05. The third kappa shape index (κ3) is 4.83. The average molecular weight is 429 g/mol. The zero-order valence-corrected chi connectivity index (χ0v) is 18.7. The van der Waals surface area contributed by atoms with Crippen molar-refractivity contribution < 1.29 is 24.5 Å². The molecule has 0 spiro atoms. The van der Waals surface area contributed by atoms with Gasteiger partial charge in [-0.15, -0.1) is 0 Å². The van der Waals surface area contributed by atoms with Gasteiger partial charge >= 0.3 is 0 Å². The van der Waals surface area contributed by atoms with Crippen LogP contribution < -0.4 is 10.6 Å². The summed E-state index contributed by atoms with van der Waals surface area (Å²) in [6.07, 6.45) is 1.71. The minimum atomic E-state index is -0.689. The number of ketones is 1. The molecule has 2 aliphatic rings. The van der Waals surface area contributed by atoms with E-state index in [0.29, 0.717) is 18.6 Å². The summed E-state index contributed by atoms with van der Waals surface area (Å²) in [6, 6.07) is 5.21. The van der Waals surface area contributed by atoms with E-state index in [-0.39, 0.29) is 30.1 Å². The highest BCUT2D eigenvalue weighted by Crippen LogP contribution is 2.36. The molecular weight excluding hydrogens is 396 g/mol. The Balaban J connectivity index is 1.81. The first-order chi connectivity index (χ1) is 14.7. The smallest absolute Gasteiger partial charge is 0.255 e. The Kier molecular flexibility index (Phi) is 6.86. The average Bonchev–Trinajstić information content (AvgIpc) is 3.04. The van der Waals surface area contributed by atoms with Gasteiger partial charge < -0.3 is 25.6 Å². The summed E-state index contributed by atoms with van der Waals surface area (Å²) in [5.74, 6) is -0.802. The molecule has 3 rings (SSSR count). The van der Waals surface area contributed by atoms with Crippen LogP contribution in [0.5, 0.6) is 0 Å². The van der Waals surface area contributed by atoms with Gasteiger partial charge in [-0.05, 0) is 57.4 Å². The number of benzene rings is 1. The lowest BCUT2D eigenvalue weighted by atomic mass is 9.79. The van der Waals surface area contributed by atoms with Crippen LogP contribution in [-0.4, -0.2) is 47.3 Å². The molecule has 0 fully saturated rings. The largest absolute Gasteiger partial charge is 0.510 e. The van der Waals surface area contributed by atoms with E-state index in [1.54, 1.807) is 19.2 Å². The predicted molar refractivity (Wildman–Crippen MR) is 119 cm³/mol. The summed E-state index contributed by atoms with van der Waals surface area (Å²) in [5, 5.41) is 26.8. The second kappa shape index (κ2) is 9.24. The Morgan fingerprint density at radius 2 is 2.03 bits per heavy atom. The maximum absolute atomic E-state index is 12.6. The van der Waals surface area contributed by atoms with Crippen LogP contribution in [0, 0.1) is 0 Å². The van der Waals surface area contributed by atoms with Gasteiger partial charge in [0.25, 0.3) is 5.91 Å². The van der Waals surface area contributed by atoms with E-state index in [9.17, 15) is 19.8 Å². The van der Waals surface area contributed by atoms with Crippen LogP contribution >= 0.6 is 0 Å². The number of amides is 1. The van der Waals surface area contributed by atoms with Crippen LogP contribution in [0.4, 0.5) is 5.69 Å². The molecule has 1 aromatic rings. The second-order valence-corrected chi connectivity index (χ2v) is 8.79. The van der Waals surface area contributed by atoms with Gasteiger partial charge in [-0.2, -0.15) is 0 Å². The minimum absolute atomic E-state index is 0.0189. The first kappa shape index (κ1) is 23.0. The number of Topliss-reactive ketones (excluding diaryl/α,β-unsaturated/α-hetero) is 1. The second-order valence-electron chi connectivity index (χ2n) is 8.79. The summed E-state index contributed by atoms with van der Waals surface area (Å²) in [5.41, 5.74) is 3.98. The van der Waals surface area contributed by atoms with E-state index in [1.165, 1.54) is 11.1 Å². The van der Waals surface area contributed by atoms with Crippen LogP contribution in [0.15, 0.2) is 40.8 Å². The van der Waals surface area contributed by atoms with E-state index >= 15 is 0 Å². The third-order valence-electron chi connectivity index (χ3n) is 6.40. The van der Waals surface area contributed by atoms with E-state index in [0.717, 1.165) is 24.1 Å². The lowest BCUT2D eigenvalue weighted by Crippen LogP contribution is -2.56. The molecule has 0 saturated heterocycles. The van der Waals surface area contributed by atoms with Gasteiger partial charge in [0.2, 0.25) is 0 Å². The molecule has 168 valence electrons. The topological polar surface area (TPSA) is 108 Å². The van der Waals surface area contributed by atoms with Crippen molar-refractivity contribution in [2.24, 2.45) is 0 Å². The number of carbonyl (C=O) groups is 2. The molecule has 1 amide bonds. The Labute approximate surface area is 183 Å². The van der Waals surface area contributed by atoms with Crippen molar-refractivity contribution in [2.75, 3.05) is 19.0 Å². The fourth-order valence-corrected chi connectivity index (χ4v) is 4.10. The number of anilines is 1. The standard InChI is InChI=1S/C24H32N2O5/c1-14(2)15(3)9-10-24(13-31-4)21(29)12-17-11-16(5-6-18(17)26-24)23(30)25-22-19(27)7-8-20(22)28/h5-6,11,21,26-27,29H,7-10,12-13H2,1-4H3,(H,25,30)/t21-,24-/m1/s1. The van der Waals surface area contributed by atoms with Crippen molar-refractivity contribution in [1.82, 2.24) is 5.32 Å². The fourth-order valence-electron chi connectivity index (χ4n) is 4.10. The van der Waals surface area contributed by atoms with Crippen molar-refractivity contribution >= 4 is 17.4 Å². The number of hydrogen-bond acceptors (Lipinski definition) is 6. The molecule has 0 saturated carbocycles. The summed E-state index contributed by atoms with van der Waals surface area (Å²) in [6.45, 7) is 6.63. The number of carbonyl (C=O) groups excluding carboxylic acids is 2. The number of aliphatic hydroxyl groups is 2. The zero-order valence-electron chi connectivity index (χ0n) is 18.7. The van der Waals surface area contributed by atoms with Crippen molar-refractivity contribution in [3.8, 4) is 0 Å². The first-order valence-corrected chi connectivity index (χ1v) is 10.6. The van der Waals surface area contributed by atoms with Gasteiger partial charge in [0.15, 0.2) is 5.78 Å². The van der Waals surface area contributed by atoms with Gasteiger partial charge in [0, 0.05) is 37.6 Å². The Morgan fingerprint density at radius 3 is 2.65 bits per heavy atom. The Morgan fingerprint density at radius 1 is 1.29 bits per heavy atom. The molecule has 7 heteroatoms. The highest BCUT2D eigenvalue weighted by Gasteiger charge is 2.41. The lowest BCUT2D eigenvalue weighted by molar-refractivity contribution is -0.115. The van der Waals surface area contributed by atoms with Gasteiger partial charge in [-0.3, -0.25) is 9.59 Å². The molecule has 31 heavy (non-hydrogen) atoms. The summed E-state index contributed by atoms with van der Waals surface area (Å²) in [4.78, 5) is 24.4. The number of methoxy groups -OCH3 is 1. The minimum Gasteiger partial charge on any atom is -0.510 e. The Bertz CT molecular complexity index is 945. The van der Waals surface area contributed by atoms with Crippen LogP contribution in [0.3, 0.4) is 0 Å². The molecule has 1 aliphatic carbocycles. The fraction of sp³-hybridized carbons (Fsp3) is 0.500. The van der Waals surface area contributed by atoms with Crippen molar-refractivity contribution in [2.45, 2.75) is 64.5 Å². The normalized spacial score (nSPS) is 22.7. The zero-order chi connectivity index (χ0) is 22.8. The summed E-state index contributed by atoms with van der Waals surface area (Å²) >= 11 is 0. The van der Waals surface area contributed by atoms with Crippen molar-refractivity contribution in [3.63, 3.8) is 0 Å². The number of fused-ring (bicyclic) bond motifs is 1. The maximum atomic E-state index is 12.6. The van der Waals surface area contributed by atoms with Gasteiger partial charge in [-0.1, -0.05) is 11.1 Å². The van der Waals surface area contributed by atoms with Crippen LogP contribution in [0.25, 0.3) is 0 Å². The maximum Gasteiger partial charge on any atom is 0.255 e. The molecule has 1 aliphatic heterocycles. The molecule has 7 nitrogen and oxygen atoms in total. The number of nitrogens with one attached hydrogen (secondary N) is 2. The van der Waals surface area contributed by atoms with E-state index < -0.39 is 17.6 Å². The van der Waals surface area contributed by atoms with Gasteiger partial charge in [0.1, 0.15) is 11.5 Å². The molecule has 1 heterocycles. The van der Waals surface area contributed by atoms with E-state index in [1.807, 2.05) is 6.07 Å². The first-order valence-electron chi connectivity index (χ1n) is 10.6. The quantitative estimate of drug-likeness (QED) is 0.496. The molecule has 0 aromatic heterocycles. The van der Waals surface area contributed by atoms with Gasteiger partial charge in [0.05, 0.1) is 18.2 Å². The van der Waals surface area contributed by atoms with E-state index in [4.69, 9.17) is 4.74 Å². The third-order valence-corrected chi connectivity index (χ3v) is 6.40. The van der Waals surface area contributed by atoms with Gasteiger partial charge in [-0.25, -0.2) is 0 Å². The van der Waals surface area contributed by atoms with Crippen LogP contribution in [-0.2, 0) is 16.0 Å². The molecule has 4 N–H and O–H groups in total. The van der Waals surface area contributed by atoms with E-state index in [2.05, 4.69) is 31.4 Å². The lowest BCUT2D eigenvalue weighted by Gasteiger charge is -2.44. The molecular formula is C24H32N2O5. The van der Waals surface area contributed by atoms with Crippen molar-refractivity contribution in [3.05, 3.63) is 51.9 Å². The Hall–Kier alpha value is -2.64. The highest BCUT2D eigenvalue weighted by atomic mass is 16.5. The molecule has 1 aromatic carbocycles. The summed E-state index contributed by atoms with van der Waals surface area (Å²) < 4.78 is 5.46. The van der Waals surface area contributed by atoms with Crippen LogP contribution in [0.2, 0.25) is 0 Å². The SMILES string of the molecule is COC[C@@]1(CCC(C)=C(C)C)Nc2ccc(C(=O)NC3=C(O)CCC3=O)cc2C[C@H]1O. The van der Waals surface area contributed by atoms with Crippen LogP contribution in [0.1, 0.15) is 62.4 Å². The molecule has 2 atom stereocenters. The number of ether oxygens (including phenoxy) is 1. The number of aliphatic hydroxyl groups excluding tert-OH is 2. The monoisotopic (exact) mass is 428 g/mol.